The molecule has 0 aliphatic heterocycles. The van der Waals surface area contributed by atoms with Gasteiger partial charge in [0.25, 0.3) is 0 Å². The first-order chi connectivity index (χ1) is 8.93. The molecule has 7 heteroatoms. The molecule has 0 aliphatic carbocycles. The lowest BCUT2D eigenvalue weighted by molar-refractivity contribution is -0.120. The summed E-state index contributed by atoms with van der Waals surface area (Å²) in [4.78, 5) is 12.4. The van der Waals surface area contributed by atoms with E-state index in [4.69, 9.17) is 0 Å². The van der Waals surface area contributed by atoms with Crippen LogP contribution in [0.4, 0.5) is 0 Å². The molecule has 1 aromatic rings. The van der Waals surface area contributed by atoms with Crippen molar-refractivity contribution in [2.75, 3.05) is 18.8 Å². The fraction of sp³-hybridized carbons (Fsp3) is 0.417. The predicted molar refractivity (Wildman–Crippen MR) is 77.9 cm³/mol. The lowest BCUT2D eigenvalue weighted by Gasteiger charge is -2.07. The molecule has 19 heavy (non-hydrogen) atoms. The second-order valence-electron chi connectivity index (χ2n) is 4.01. The molecule has 1 rings (SSSR count). The van der Waals surface area contributed by atoms with Crippen LogP contribution >= 0.6 is 12.6 Å². The maximum atomic E-state index is 11.6. The third kappa shape index (κ3) is 6.60. The largest absolute Gasteiger partial charge is 0.355 e. The van der Waals surface area contributed by atoms with E-state index >= 15 is 0 Å². The van der Waals surface area contributed by atoms with Gasteiger partial charge in [-0.25, -0.2) is 13.1 Å². The minimum absolute atomic E-state index is 0.109. The van der Waals surface area contributed by atoms with Crippen molar-refractivity contribution in [1.82, 2.24) is 10.0 Å². The first-order valence-electron chi connectivity index (χ1n) is 5.95. The first kappa shape index (κ1) is 16.0. The molecule has 0 spiro atoms. The van der Waals surface area contributed by atoms with E-state index in [0.717, 1.165) is 10.5 Å². The molecule has 2 N–H and O–H groups in total. The summed E-state index contributed by atoms with van der Waals surface area (Å²) in [5.41, 5.74) is 0.866. The van der Waals surface area contributed by atoms with Crippen molar-refractivity contribution < 1.29 is 13.2 Å². The smallest absolute Gasteiger partial charge is 0.224 e. The van der Waals surface area contributed by atoms with E-state index in [1.54, 1.807) is 19.1 Å². The first-order valence-corrected chi connectivity index (χ1v) is 8.05. The topological polar surface area (TPSA) is 75.3 Å². The van der Waals surface area contributed by atoms with Gasteiger partial charge in [-0.15, -0.1) is 12.6 Å². The van der Waals surface area contributed by atoms with Crippen molar-refractivity contribution >= 4 is 28.6 Å². The number of carbonyl (C=O) groups excluding carboxylic acids is 1. The van der Waals surface area contributed by atoms with E-state index in [2.05, 4.69) is 22.7 Å². The number of hydrogen-bond donors (Lipinski definition) is 3. The Morgan fingerprint density at radius 3 is 2.47 bits per heavy atom. The van der Waals surface area contributed by atoms with Crippen molar-refractivity contribution in [1.29, 1.82) is 0 Å². The van der Waals surface area contributed by atoms with Crippen molar-refractivity contribution in [3.05, 3.63) is 29.8 Å². The van der Waals surface area contributed by atoms with Crippen LogP contribution in [0.15, 0.2) is 29.2 Å². The van der Waals surface area contributed by atoms with Gasteiger partial charge in [-0.1, -0.05) is 19.1 Å². The van der Waals surface area contributed by atoms with Gasteiger partial charge < -0.3 is 5.32 Å². The van der Waals surface area contributed by atoms with Gasteiger partial charge in [-0.2, -0.15) is 0 Å². The van der Waals surface area contributed by atoms with E-state index in [1.807, 2.05) is 12.1 Å². The SMILES string of the molecule is CCNS(=O)(=O)CCNC(=O)Cc1ccc(S)cc1. The molecule has 0 unspecified atom stereocenters. The Morgan fingerprint density at radius 2 is 1.89 bits per heavy atom. The predicted octanol–water partition coefficient (Wildman–Crippen LogP) is 0.573. The van der Waals surface area contributed by atoms with Gasteiger partial charge in [0.2, 0.25) is 15.9 Å². The van der Waals surface area contributed by atoms with Gasteiger partial charge in [-0.3, -0.25) is 4.79 Å². The van der Waals surface area contributed by atoms with Crippen molar-refractivity contribution in [2.45, 2.75) is 18.2 Å². The summed E-state index contributed by atoms with van der Waals surface area (Å²) in [6.07, 6.45) is 0.231. The van der Waals surface area contributed by atoms with Gasteiger partial charge in [0.15, 0.2) is 0 Å². The van der Waals surface area contributed by atoms with Crippen LogP contribution < -0.4 is 10.0 Å². The number of sulfonamides is 1. The minimum atomic E-state index is -3.28. The van der Waals surface area contributed by atoms with Gasteiger partial charge in [0.1, 0.15) is 0 Å². The van der Waals surface area contributed by atoms with Crippen molar-refractivity contribution in [3.63, 3.8) is 0 Å². The molecule has 1 amide bonds. The highest BCUT2D eigenvalue weighted by atomic mass is 32.2. The Morgan fingerprint density at radius 1 is 1.26 bits per heavy atom. The zero-order chi connectivity index (χ0) is 14.3. The van der Waals surface area contributed by atoms with Crippen LogP contribution in [0.25, 0.3) is 0 Å². The van der Waals surface area contributed by atoms with Crippen LogP contribution in [0.1, 0.15) is 12.5 Å². The van der Waals surface area contributed by atoms with Gasteiger partial charge in [0, 0.05) is 18.0 Å². The van der Waals surface area contributed by atoms with Crippen LogP contribution in [0.5, 0.6) is 0 Å². The fourth-order valence-corrected chi connectivity index (χ4v) is 2.58. The van der Waals surface area contributed by atoms with Crippen molar-refractivity contribution in [2.24, 2.45) is 0 Å². The van der Waals surface area contributed by atoms with Gasteiger partial charge in [-0.05, 0) is 17.7 Å². The monoisotopic (exact) mass is 302 g/mol. The van der Waals surface area contributed by atoms with Crippen LogP contribution in [-0.4, -0.2) is 33.2 Å². The lowest BCUT2D eigenvalue weighted by Crippen LogP contribution is -2.34. The zero-order valence-electron chi connectivity index (χ0n) is 10.7. The minimum Gasteiger partial charge on any atom is -0.355 e. The highest BCUT2D eigenvalue weighted by molar-refractivity contribution is 7.89. The molecule has 0 bridgehead atoms. The number of amides is 1. The zero-order valence-corrected chi connectivity index (χ0v) is 12.4. The number of rotatable bonds is 7. The van der Waals surface area contributed by atoms with E-state index < -0.39 is 10.0 Å². The van der Waals surface area contributed by atoms with Crippen LogP contribution in [0.3, 0.4) is 0 Å². The Hall–Kier alpha value is -1.05. The standard InChI is InChI=1S/C12H18N2O3S2/c1-2-14-19(16,17)8-7-13-12(15)9-10-3-5-11(18)6-4-10/h3-6,14,18H,2,7-9H2,1H3,(H,13,15). The van der Waals surface area contributed by atoms with Gasteiger partial charge >= 0.3 is 0 Å². The van der Waals surface area contributed by atoms with Gasteiger partial charge in [0.05, 0.1) is 12.2 Å². The summed E-state index contributed by atoms with van der Waals surface area (Å²) in [6.45, 7) is 2.17. The molecule has 0 saturated heterocycles. The number of benzene rings is 1. The molecule has 0 fully saturated rings. The summed E-state index contributed by atoms with van der Waals surface area (Å²) >= 11 is 4.16. The molecule has 5 nitrogen and oxygen atoms in total. The normalized spacial score (nSPS) is 11.3. The molecule has 0 aromatic heterocycles. The quantitative estimate of drug-likeness (QED) is 0.645. The van der Waals surface area contributed by atoms with E-state index in [0.29, 0.717) is 6.54 Å². The summed E-state index contributed by atoms with van der Waals surface area (Å²) in [5, 5.41) is 2.58. The van der Waals surface area contributed by atoms with Crippen LogP contribution in [0.2, 0.25) is 0 Å². The number of carbonyl (C=O) groups is 1. The summed E-state index contributed by atoms with van der Waals surface area (Å²) in [5.74, 6) is -0.305. The van der Waals surface area contributed by atoms with Crippen LogP contribution in [-0.2, 0) is 21.2 Å². The number of hydrogen-bond acceptors (Lipinski definition) is 4. The lowest BCUT2D eigenvalue weighted by atomic mass is 10.1. The Balaban J connectivity index is 2.34. The average molecular weight is 302 g/mol. The summed E-state index contributed by atoms with van der Waals surface area (Å²) in [6, 6.07) is 7.25. The maximum absolute atomic E-state index is 11.6. The molecule has 0 heterocycles. The Bertz CT molecular complexity index is 512. The molecule has 0 aliphatic rings. The molecule has 1 aromatic carbocycles. The average Bonchev–Trinajstić information content (AvgIpc) is 2.31. The molecule has 0 radical (unpaired) electrons. The molecule has 106 valence electrons. The number of thiol groups is 1. The highest BCUT2D eigenvalue weighted by Gasteiger charge is 2.09. The summed E-state index contributed by atoms with van der Waals surface area (Å²) in [7, 11) is -3.28. The third-order valence-electron chi connectivity index (χ3n) is 2.36. The second-order valence-corrected chi connectivity index (χ2v) is 6.45. The number of nitrogens with one attached hydrogen (secondary N) is 2. The highest BCUT2D eigenvalue weighted by Crippen LogP contribution is 2.07. The molecular weight excluding hydrogens is 284 g/mol. The Kier molecular flexibility index (Phi) is 6.33. The van der Waals surface area contributed by atoms with E-state index in [1.165, 1.54) is 0 Å². The van der Waals surface area contributed by atoms with E-state index in [-0.39, 0.29) is 24.6 Å². The summed E-state index contributed by atoms with van der Waals surface area (Å²) < 4.78 is 25.0. The van der Waals surface area contributed by atoms with Crippen LogP contribution in [0, 0.1) is 0 Å². The van der Waals surface area contributed by atoms with E-state index in [9.17, 15) is 13.2 Å². The molecular formula is C12H18N2O3S2. The Labute approximate surface area is 119 Å². The third-order valence-corrected chi connectivity index (χ3v) is 4.13. The van der Waals surface area contributed by atoms with Crippen molar-refractivity contribution in [3.8, 4) is 0 Å². The maximum Gasteiger partial charge on any atom is 0.224 e. The second kappa shape index (κ2) is 7.52. The molecule has 0 atom stereocenters. The molecule has 0 saturated carbocycles. The fourth-order valence-electron chi connectivity index (χ4n) is 1.48.